The third kappa shape index (κ3) is 7.15. The summed E-state index contributed by atoms with van der Waals surface area (Å²) in [5.41, 5.74) is -3.77. The fraction of sp³-hybridized carbons (Fsp3) is 0.300. The highest BCUT2D eigenvalue weighted by atomic mass is 19.4. The maximum absolute atomic E-state index is 13.9. The second-order valence-corrected chi connectivity index (χ2v) is 9.95. The molecule has 42 heavy (non-hydrogen) atoms. The van der Waals surface area contributed by atoms with Crippen LogP contribution in [0.5, 0.6) is 0 Å². The largest absolute Gasteiger partial charge is 0.463 e. The van der Waals surface area contributed by atoms with Crippen molar-refractivity contribution in [2.45, 2.75) is 45.5 Å². The van der Waals surface area contributed by atoms with Gasteiger partial charge in [0.15, 0.2) is 0 Å². The molecule has 0 bridgehead atoms. The first kappa shape index (κ1) is 32.3. The molecule has 12 heteroatoms. The molecule has 0 aliphatic heterocycles. The molecular weight excluding hydrogens is 569 g/mol. The molecule has 2 aromatic carbocycles. The summed E-state index contributed by atoms with van der Waals surface area (Å²) >= 11 is 0. The van der Waals surface area contributed by atoms with Gasteiger partial charge in [-0.05, 0) is 86.9 Å². The molecule has 3 rings (SSSR count). The highest BCUT2D eigenvalue weighted by Gasteiger charge is 2.41. The van der Waals surface area contributed by atoms with Gasteiger partial charge in [-0.1, -0.05) is 6.07 Å². The number of rotatable bonds is 7. The third-order valence-electron chi connectivity index (χ3n) is 6.57. The molecule has 1 amide bonds. The first-order valence-corrected chi connectivity index (χ1v) is 12.6. The minimum atomic E-state index is -5.09. The van der Waals surface area contributed by atoms with Gasteiger partial charge >= 0.3 is 18.3 Å². The molecule has 0 saturated heterocycles. The van der Waals surface area contributed by atoms with Gasteiger partial charge in [0.1, 0.15) is 5.82 Å². The van der Waals surface area contributed by atoms with E-state index in [4.69, 9.17) is 4.74 Å². The lowest BCUT2D eigenvalue weighted by Gasteiger charge is -2.32. The van der Waals surface area contributed by atoms with Gasteiger partial charge in [0.05, 0.1) is 40.7 Å². The summed E-state index contributed by atoms with van der Waals surface area (Å²) in [5.74, 6) is -1.99. The Hall–Kier alpha value is -4.22. The van der Waals surface area contributed by atoms with Crippen molar-refractivity contribution in [2.24, 2.45) is 0 Å². The summed E-state index contributed by atoms with van der Waals surface area (Å²) in [4.78, 5) is 30.9. The summed E-state index contributed by atoms with van der Waals surface area (Å²) in [6.07, 6.45) is -6.42. The molecule has 224 valence electrons. The summed E-state index contributed by atoms with van der Waals surface area (Å²) < 4.78 is 99.8. The van der Waals surface area contributed by atoms with E-state index >= 15 is 0 Å². The van der Waals surface area contributed by atoms with Gasteiger partial charge in [0, 0.05) is 18.7 Å². The molecular formula is C30H27F7N2O3. The number of hydrogen-bond acceptors (Lipinski definition) is 4. The van der Waals surface area contributed by atoms with E-state index < -0.39 is 52.2 Å². The molecule has 0 spiro atoms. The van der Waals surface area contributed by atoms with Crippen molar-refractivity contribution in [3.63, 3.8) is 0 Å². The fourth-order valence-corrected chi connectivity index (χ4v) is 4.28. The molecule has 0 N–H and O–H groups in total. The number of aromatic nitrogens is 1. The zero-order valence-electron chi connectivity index (χ0n) is 23.2. The van der Waals surface area contributed by atoms with Crippen LogP contribution in [0.15, 0.2) is 54.7 Å². The smallest absolute Gasteiger partial charge is 0.416 e. The molecule has 3 aromatic rings. The van der Waals surface area contributed by atoms with Crippen molar-refractivity contribution in [3.8, 4) is 11.1 Å². The van der Waals surface area contributed by atoms with Crippen molar-refractivity contribution < 1.29 is 45.1 Å². The number of benzene rings is 2. The maximum atomic E-state index is 13.9. The number of esters is 1. The van der Waals surface area contributed by atoms with Crippen LogP contribution in [0.4, 0.5) is 36.4 Å². The van der Waals surface area contributed by atoms with Crippen molar-refractivity contribution in [1.29, 1.82) is 0 Å². The maximum Gasteiger partial charge on any atom is 0.416 e. The number of amides is 1. The quantitative estimate of drug-likeness (QED) is 0.159. The van der Waals surface area contributed by atoms with Crippen LogP contribution in [0.2, 0.25) is 0 Å². The predicted molar refractivity (Wildman–Crippen MR) is 143 cm³/mol. The second-order valence-electron chi connectivity index (χ2n) is 9.95. The molecule has 0 atom stereocenters. The minimum Gasteiger partial charge on any atom is -0.463 e. The Labute approximate surface area is 237 Å². The monoisotopic (exact) mass is 596 g/mol. The molecule has 0 fully saturated rings. The van der Waals surface area contributed by atoms with Crippen LogP contribution in [0, 0.1) is 12.7 Å². The number of anilines is 1. The number of pyridine rings is 1. The molecule has 0 radical (unpaired) electrons. The summed E-state index contributed by atoms with van der Waals surface area (Å²) in [6, 6.07) is 6.44. The van der Waals surface area contributed by atoms with Crippen LogP contribution in [-0.2, 0) is 32.1 Å². The zero-order valence-corrected chi connectivity index (χ0v) is 23.2. The van der Waals surface area contributed by atoms with Gasteiger partial charge in [0.25, 0.3) is 0 Å². The lowest BCUT2D eigenvalue weighted by atomic mass is 9.81. The Balaban J connectivity index is 2.15. The van der Waals surface area contributed by atoms with Gasteiger partial charge in [-0.2, -0.15) is 26.3 Å². The van der Waals surface area contributed by atoms with E-state index in [2.05, 4.69) is 4.98 Å². The topological polar surface area (TPSA) is 59.5 Å². The Bertz CT molecular complexity index is 1490. The highest BCUT2D eigenvalue weighted by molar-refractivity contribution is 6.03. The number of carbonyl (C=O) groups excluding carboxylic acids is 2. The SMILES string of the molecule is CCOC(=O)/C=C/c1cc(-c2ccc(F)cc2C)c(N(C)C(=O)C(C)(C)c2cc(C(F)(F)F)cc(C(F)(F)F)c2)cn1. The molecule has 0 aliphatic rings. The highest BCUT2D eigenvalue weighted by Crippen LogP contribution is 2.41. The molecule has 0 saturated carbocycles. The lowest BCUT2D eigenvalue weighted by Crippen LogP contribution is -2.42. The summed E-state index contributed by atoms with van der Waals surface area (Å²) in [7, 11) is 1.30. The summed E-state index contributed by atoms with van der Waals surface area (Å²) in [6.45, 7) is 5.83. The average molecular weight is 597 g/mol. The van der Waals surface area contributed by atoms with Crippen molar-refractivity contribution in [3.05, 3.63) is 88.5 Å². The first-order valence-electron chi connectivity index (χ1n) is 12.6. The van der Waals surface area contributed by atoms with Crippen molar-refractivity contribution >= 4 is 23.6 Å². The van der Waals surface area contributed by atoms with Crippen LogP contribution in [0.3, 0.4) is 0 Å². The first-order chi connectivity index (χ1) is 19.4. The third-order valence-corrected chi connectivity index (χ3v) is 6.57. The Morgan fingerprint density at radius 1 is 0.905 bits per heavy atom. The average Bonchev–Trinajstić information content (AvgIpc) is 2.90. The van der Waals surface area contributed by atoms with E-state index in [0.29, 0.717) is 28.8 Å². The number of carbonyl (C=O) groups is 2. The number of nitrogens with zero attached hydrogens (tertiary/aromatic N) is 2. The fourth-order valence-electron chi connectivity index (χ4n) is 4.28. The van der Waals surface area contributed by atoms with Crippen LogP contribution < -0.4 is 4.90 Å². The zero-order chi connectivity index (χ0) is 31.6. The number of hydrogen-bond donors (Lipinski definition) is 0. The van der Waals surface area contributed by atoms with Gasteiger partial charge in [-0.3, -0.25) is 9.78 Å². The number of alkyl halides is 6. The number of aryl methyl sites for hydroxylation is 1. The summed E-state index contributed by atoms with van der Waals surface area (Å²) in [5, 5.41) is 0. The van der Waals surface area contributed by atoms with Crippen LogP contribution in [-0.4, -0.2) is 30.5 Å². The second kappa shape index (κ2) is 11.9. The lowest BCUT2D eigenvalue weighted by molar-refractivity contribution is -0.143. The van der Waals surface area contributed by atoms with Crippen LogP contribution in [0.25, 0.3) is 17.2 Å². The molecule has 0 unspecified atom stereocenters. The molecule has 0 aliphatic carbocycles. The van der Waals surface area contributed by atoms with E-state index in [9.17, 15) is 40.3 Å². The Morgan fingerprint density at radius 3 is 2.00 bits per heavy atom. The predicted octanol–water partition coefficient (Wildman–Crippen LogP) is 7.75. The molecule has 5 nitrogen and oxygen atoms in total. The van der Waals surface area contributed by atoms with Crippen molar-refractivity contribution in [2.75, 3.05) is 18.6 Å². The van der Waals surface area contributed by atoms with Crippen LogP contribution in [0.1, 0.15) is 48.7 Å². The van der Waals surface area contributed by atoms with Crippen LogP contribution >= 0.6 is 0 Å². The van der Waals surface area contributed by atoms with Crippen molar-refractivity contribution in [1.82, 2.24) is 4.98 Å². The van der Waals surface area contributed by atoms with Gasteiger partial charge < -0.3 is 9.64 Å². The Morgan fingerprint density at radius 2 is 1.48 bits per heavy atom. The molecule has 1 aromatic heterocycles. The van der Waals surface area contributed by atoms with Gasteiger partial charge in [0.2, 0.25) is 5.91 Å². The molecule has 1 heterocycles. The van der Waals surface area contributed by atoms with E-state index in [1.807, 2.05) is 0 Å². The number of halogens is 7. The van der Waals surface area contributed by atoms with Gasteiger partial charge in [-0.15, -0.1) is 0 Å². The normalized spacial score (nSPS) is 12.5. The van der Waals surface area contributed by atoms with E-state index in [1.54, 1.807) is 13.8 Å². The van der Waals surface area contributed by atoms with E-state index in [0.717, 1.165) is 11.0 Å². The Kier molecular flexibility index (Phi) is 9.19. The number of likely N-dealkylation sites (N-methyl/N-ethyl adjacent to an activating group) is 1. The number of ether oxygens (including phenoxy) is 1. The van der Waals surface area contributed by atoms with E-state index in [1.165, 1.54) is 57.4 Å². The minimum absolute atomic E-state index is 0.00432. The standard InChI is InChI=1S/C30H27F7N2O3/c1-6-42-26(40)10-8-22-15-24(23-9-7-21(31)11-17(23)2)25(16-38-22)39(5)27(41)28(3,4)18-12-19(29(32,33)34)14-20(13-18)30(35,36)37/h7-16H,6H2,1-5H3/b10-8+. The van der Waals surface area contributed by atoms with Gasteiger partial charge in [-0.25, -0.2) is 9.18 Å². The van der Waals surface area contributed by atoms with E-state index in [-0.39, 0.29) is 24.1 Å².